The number of ether oxygens (including phenoxy) is 1. The number of carboxylic acids is 1. The zero-order valence-electron chi connectivity index (χ0n) is 8.66. The van der Waals surface area contributed by atoms with E-state index in [4.69, 9.17) is 9.84 Å². The van der Waals surface area contributed by atoms with Gasteiger partial charge in [-0.15, -0.1) is 0 Å². The molecular weight excluding hydrogens is 199 g/mol. The van der Waals surface area contributed by atoms with Crippen molar-refractivity contribution in [2.24, 2.45) is 0 Å². The Morgan fingerprint density at radius 2 is 2.27 bits per heavy atom. The van der Waals surface area contributed by atoms with E-state index in [0.717, 1.165) is 0 Å². The highest BCUT2D eigenvalue weighted by atomic mass is 19.1. The molecule has 1 N–H and O–H groups in total. The quantitative estimate of drug-likeness (QED) is 0.833. The molecule has 1 aromatic rings. The molecule has 1 aromatic carbocycles. The molecule has 0 radical (unpaired) electrons. The van der Waals surface area contributed by atoms with Gasteiger partial charge in [-0.25, -0.2) is 4.39 Å². The second-order valence-corrected chi connectivity index (χ2v) is 3.27. The number of carbonyl (C=O) groups is 1. The van der Waals surface area contributed by atoms with Gasteiger partial charge in [0.05, 0.1) is 13.0 Å². The van der Waals surface area contributed by atoms with Crippen LogP contribution < -0.4 is 4.74 Å². The van der Waals surface area contributed by atoms with Gasteiger partial charge in [0.1, 0.15) is 12.4 Å². The number of carboxylic acid groups (broad SMARTS) is 1. The predicted octanol–water partition coefficient (Wildman–Crippen LogP) is 2.35. The molecule has 0 aliphatic heterocycles. The normalized spacial score (nSPS) is 12.2. The molecule has 0 fully saturated rings. The van der Waals surface area contributed by atoms with Crippen LogP contribution in [0.1, 0.15) is 24.0 Å². The summed E-state index contributed by atoms with van der Waals surface area (Å²) in [6.07, 6.45) is 0. The molecule has 15 heavy (non-hydrogen) atoms. The monoisotopic (exact) mass is 212 g/mol. The number of methoxy groups -OCH3 is 1. The number of rotatable bonds is 4. The molecule has 82 valence electrons. The fourth-order valence-corrected chi connectivity index (χ4v) is 1.34. The minimum absolute atomic E-state index is 0.457. The molecule has 0 amide bonds. The number of halogens is 1. The Labute approximate surface area is 87.5 Å². The molecule has 1 rings (SSSR count). The van der Waals surface area contributed by atoms with Gasteiger partial charge in [-0.2, -0.15) is 0 Å². The average molecular weight is 212 g/mol. The molecule has 1 atom stereocenters. The van der Waals surface area contributed by atoms with Crippen molar-refractivity contribution in [3.8, 4) is 5.75 Å². The lowest BCUT2D eigenvalue weighted by molar-refractivity contribution is -0.138. The fourth-order valence-electron chi connectivity index (χ4n) is 1.34. The molecule has 0 heterocycles. The maximum absolute atomic E-state index is 12.4. The van der Waals surface area contributed by atoms with E-state index in [-0.39, 0.29) is 0 Å². The summed E-state index contributed by atoms with van der Waals surface area (Å²) < 4.78 is 17.4. The second kappa shape index (κ2) is 4.77. The topological polar surface area (TPSA) is 46.5 Å². The van der Waals surface area contributed by atoms with Crippen molar-refractivity contribution in [2.75, 3.05) is 7.11 Å². The van der Waals surface area contributed by atoms with Crippen LogP contribution in [0.3, 0.4) is 0 Å². The van der Waals surface area contributed by atoms with Crippen molar-refractivity contribution in [1.82, 2.24) is 0 Å². The van der Waals surface area contributed by atoms with Crippen LogP contribution in [0.15, 0.2) is 18.2 Å². The first-order valence-corrected chi connectivity index (χ1v) is 4.55. The highest BCUT2D eigenvalue weighted by Crippen LogP contribution is 2.28. The van der Waals surface area contributed by atoms with Crippen LogP contribution >= 0.6 is 0 Å². The van der Waals surface area contributed by atoms with Gasteiger partial charge in [-0.3, -0.25) is 4.79 Å². The van der Waals surface area contributed by atoms with Crippen LogP contribution in [0.25, 0.3) is 0 Å². The van der Waals surface area contributed by atoms with Gasteiger partial charge in [0.2, 0.25) is 0 Å². The van der Waals surface area contributed by atoms with Gasteiger partial charge in [0, 0.05) is 5.56 Å². The summed E-state index contributed by atoms with van der Waals surface area (Å²) in [7, 11) is 1.46. The third-order valence-corrected chi connectivity index (χ3v) is 2.29. The van der Waals surface area contributed by atoms with E-state index in [2.05, 4.69) is 0 Å². The molecule has 0 saturated heterocycles. The molecule has 0 bridgehead atoms. The van der Waals surface area contributed by atoms with Gasteiger partial charge < -0.3 is 9.84 Å². The minimum atomic E-state index is -0.954. The number of alkyl halides is 1. The molecular formula is C11H13FO3. The van der Waals surface area contributed by atoms with Crippen molar-refractivity contribution >= 4 is 5.97 Å². The molecule has 3 nitrogen and oxygen atoms in total. The summed E-state index contributed by atoms with van der Waals surface area (Å²) in [5.41, 5.74) is 0.957. The van der Waals surface area contributed by atoms with E-state index < -0.39 is 18.6 Å². The first-order valence-electron chi connectivity index (χ1n) is 4.55. The summed E-state index contributed by atoms with van der Waals surface area (Å²) in [4.78, 5) is 10.8. The average Bonchev–Trinajstić information content (AvgIpc) is 2.27. The Balaban J connectivity index is 3.16. The smallest absolute Gasteiger partial charge is 0.310 e. The largest absolute Gasteiger partial charge is 0.496 e. The van der Waals surface area contributed by atoms with E-state index in [1.807, 2.05) is 0 Å². The van der Waals surface area contributed by atoms with Crippen LogP contribution in [-0.2, 0) is 11.5 Å². The first-order chi connectivity index (χ1) is 7.10. The van der Waals surface area contributed by atoms with Crippen molar-refractivity contribution in [1.29, 1.82) is 0 Å². The van der Waals surface area contributed by atoms with Crippen LogP contribution in [0.5, 0.6) is 5.75 Å². The molecule has 0 spiro atoms. The van der Waals surface area contributed by atoms with Gasteiger partial charge in [0.15, 0.2) is 0 Å². The molecule has 0 saturated carbocycles. The lowest BCUT2D eigenvalue weighted by Crippen LogP contribution is -2.09. The van der Waals surface area contributed by atoms with Crippen molar-refractivity contribution in [3.05, 3.63) is 29.3 Å². The lowest BCUT2D eigenvalue weighted by atomic mass is 9.98. The zero-order chi connectivity index (χ0) is 11.4. The van der Waals surface area contributed by atoms with Crippen LogP contribution in [0, 0.1) is 0 Å². The Bertz CT molecular complexity index is 363. The summed E-state index contributed by atoms with van der Waals surface area (Å²) in [6, 6.07) is 4.69. The Hall–Kier alpha value is -1.58. The summed E-state index contributed by atoms with van der Waals surface area (Å²) in [6.45, 7) is 0.936. The van der Waals surface area contributed by atoms with E-state index >= 15 is 0 Å². The van der Waals surface area contributed by atoms with E-state index in [1.54, 1.807) is 19.1 Å². The molecule has 0 aromatic heterocycles. The highest BCUT2D eigenvalue weighted by Gasteiger charge is 2.18. The Morgan fingerprint density at radius 1 is 1.60 bits per heavy atom. The number of hydrogen-bond acceptors (Lipinski definition) is 2. The maximum atomic E-state index is 12.4. The summed E-state index contributed by atoms with van der Waals surface area (Å²) in [5.74, 6) is -1.18. The van der Waals surface area contributed by atoms with Crippen molar-refractivity contribution in [3.63, 3.8) is 0 Å². The number of benzene rings is 1. The van der Waals surface area contributed by atoms with Crippen LogP contribution in [0.2, 0.25) is 0 Å². The Morgan fingerprint density at radius 3 is 2.73 bits per heavy atom. The zero-order valence-corrected chi connectivity index (χ0v) is 8.66. The third kappa shape index (κ3) is 2.46. The Kier molecular flexibility index (Phi) is 3.66. The van der Waals surface area contributed by atoms with Crippen LogP contribution in [0.4, 0.5) is 4.39 Å². The molecule has 4 heteroatoms. The SMILES string of the molecule is COc1ccc(CF)cc1C(C)C(=O)O. The summed E-state index contributed by atoms with van der Waals surface area (Å²) in [5, 5.41) is 8.87. The first kappa shape index (κ1) is 11.5. The third-order valence-electron chi connectivity index (χ3n) is 2.29. The van der Waals surface area contributed by atoms with Gasteiger partial charge in [0.25, 0.3) is 0 Å². The van der Waals surface area contributed by atoms with Crippen molar-refractivity contribution < 1.29 is 19.0 Å². The van der Waals surface area contributed by atoms with Crippen molar-refractivity contribution in [2.45, 2.75) is 19.5 Å². The van der Waals surface area contributed by atoms with Crippen LogP contribution in [-0.4, -0.2) is 18.2 Å². The van der Waals surface area contributed by atoms with Gasteiger partial charge in [-0.1, -0.05) is 6.07 Å². The standard InChI is InChI=1S/C11H13FO3/c1-7(11(13)14)9-5-8(6-12)3-4-10(9)15-2/h3-5,7H,6H2,1-2H3,(H,13,14). The fraction of sp³-hybridized carbons (Fsp3) is 0.364. The van der Waals surface area contributed by atoms with Gasteiger partial charge in [-0.05, 0) is 24.6 Å². The molecule has 0 aliphatic rings. The summed E-state index contributed by atoms with van der Waals surface area (Å²) >= 11 is 0. The van der Waals surface area contributed by atoms with E-state index in [0.29, 0.717) is 16.9 Å². The predicted molar refractivity (Wildman–Crippen MR) is 53.9 cm³/mol. The van der Waals surface area contributed by atoms with E-state index in [9.17, 15) is 9.18 Å². The highest BCUT2D eigenvalue weighted by molar-refractivity contribution is 5.76. The number of hydrogen-bond donors (Lipinski definition) is 1. The molecule has 0 aliphatic carbocycles. The minimum Gasteiger partial charge on any atom is -0.496 e. The second-order valence-electron chi connectivity index (χ2n) is 3.27. The maximum Gasteiger partial charge on any atom is 0.310 e. The molecule has 1 unspecified atom stereocenters. The van der Waals surface area contributed by atoms with E-state index in [1.165, 1.54) is 13.2 Å². The van der Waals surface area contributed by atoms with Gasteiger partial charge >= 0.3 is 5.97 Å². The number of aliphatic carboxylic acids is 1. The lowest BCUT2D eigenvalue weighted by Gasteiger charge is -2.12.